The first-order valence-electron chi connectivity index (χ1n) is 5.31. The third kappa shape index (κ3) is 3.52. The van der Waals surface area contributed by atoms with Crippen molar-refractivity contribution in [2.75, 3.05) is 13.2 Å². The van der Waals surface area contributed by atoms with Crippen molar-refractivity contribution in [2.45, 2.75) is 38.2 Å². The summed E-state index contributed by atoms with van der Waals surface area (Å²) < 4.78 is 14.6. The number of carbonyl (C=O) groups excluding carboxylic acids is 2. The Hall–Kier alpha value is -1.04. The van der Waals surface area contributed by atoms with Crippen LogP contribution in [0.4, 0.5) is 0 Å². The van der Waals surface area contributed by atoms with Crippen molar-refractivity contribution >= 4 is 20.0 Å². The quantitative estimate of drug-likeness (QED) is 0.487. The molecule has 0 saturated carbocycles. The van der Waals surface area contributed by atoms with Gasteiger partial charge in [-0.2, -0.15) is 0 Å². The Bertz CT molecular complexity index is 268. The zero-order valence-corrected chi connectivity index (χ0v) is 9.36. The molecule has 1 atom stereocenters. The lowest BCUT2D eigenvalue weighted by Crippen LogP contribution is -2.40. The highest BCUT2D eigenvalue weighted by atomic mass is 16.6. The van der Waals surface area contributed by atoms with E-state index in [1.54, 1.807) is 0 Å². The molecule has 0 amide bonds. The van der Waals surface area contributed by atoms with Gasteiger partial charge in [0.2, 0.25) is 0 Å². The van der Waals surface area contributed by atoms with Crippen LogP contribution in [-0.4, -0.2) is 38.8 Å². The van der Waals surface area contributed by atoms with E-state index in [0.29, 0.717) is 19.3 Å². The molecule has 0 aromatic rings. The van der Waals surface area contributed by atoms with Gasteiger partial charge in [0.05, 0.1) is 6.61 Å². The highest BCUT2D eigenvalue weighted by Crippen LogP contribution is 2.27. The Balaban J connectivity index is 2.45. The number of carbonyl (C=O) groups is 2. The second-order valence-electron chi connectivity index (χ2n) is 3.88. The Morgan fingerprint density at radius 3 is 2.81 bits per heavy atom. The fourth-order valence-corrected chi connectivity index (χ4v) is 1.56. The Morgan fingerprint density at radius 1 is 1.56 bits per heavy atom. The molecule has 5 nitrogen and oxygen atoms in total. The maximum atomic E-state index is 11.2. The summed E-state index contributed by atoms with van der Waals surface area (Å²) in [7, 11) is 4.97. The van der Waals surface area contributed by atoms with E-state index in [1.165, 1.54) is 0 Å². The van der Waals surface area contributed by atoms with Gasteiger partial charge in [-0.15, -0.1) is 0 Å². The van der Waals surface area contributed by atoms with Crippen LogP contribution in [0.15, 0.2) is 0 Å². The highest BCUT2D eigenvalue weighted by Gasteiger charge is 2.41. The lowest BCUT2D eigenvalue weighted by atomic mass is 10.0. The average molecular weight is 226 g/mol. The Kier molecular flexibility index (Phi) is 4.80. The molecule has 0 aliphatic carbocycles. The van der Waals surface area contributed by atoms with Crippen molar-refractivity contribution in [1.29, 1.82) is 0 Å². The van der Waals surface area contributed by atoms with Crippen LogP contribution in [0, 0.1) is 0 Å². The first-order valence-corrected chi connectivity index (χ1v) is 5.31. The van der Waals surface area contributed by atoms with Gasteiger partial charge in [0, 0.05) is 19.3 Å². The van der Waals surface area contributed by atoms with Crippen LogP contribution in [-0.2, 0) is 23.7 Å². The summed E-state index contributed by atoms with van der Waals surface area (Å²) >= 11 is 0. The summed E-state index contributed by atoms with van der Waals surface area (Å²) in [6.45, 7) is 1.93. The van der Waals surface area contributed by atoms with Crippen LogP contribution in [0.3, 0.4) is 0 Å². The predicted molar refractivity (Wildman–Crippen MR) is 55.6 cm³/mol. The van der Waals surface area contributed by atoms with Crippen molar-refractivity contribution in [3.8, 4) is 0 Å². The van der Waals surface area contributed by atoms with Gasteiger partial charge in [-0.3, -0.25) is 9.59 Å². The molecular weight excluding hydrogens is 211 g/mol. The molecule has 88 valence electrons. The number of cyclic esters (lactones) is 1. The van der Waals surface area contributed by atoms with Crippen molar-refractivity contribution in [3.05, 3.63) is 0 Å². The van der Waals surface area contributed by atoms with Crippen LogP contribution in [0.1, 0.15) is 32.6 Å². The molecule has 0 aromatic carbocycles. The zero-order chi connectivity index (χ0) is 12.0. The monoisotopic (exact) mass is 226 g/mol. The molecule has 16 heavy (non-hydrogen) atoms. The summed E-state index contributed by atoms with van der Waals surface area (Å²) in [6, 6.07) is 0. The molecule has 6 heteroatoms. The lowest BCUT2D eigenvalue weighted by Gasteiger charge is -2.26. The largest absolute Gasteiger partial charge is 0.461 e. The smallest absolute Gasteiger partial charge is 0.306 e. The van der Waals surface area contributed by atoms with E-state index >= 15 is 0 Å². The molecule has 0 bridgehead atoms. The van der Waals surface area contributed by atoms with E-state index < -0.39 is 5.60 Å². The Labute approximate surface area is 95.9 Å². The van der Waals surface area contributed by atoms with Crippen LogP contribution in [0.25, 0.3) is 0 Å². The van der Waals surface area contributed by atoms with E-state index in [4.69, 9.17) is 17.5 Å². The van der Waals surface area contributed by atoms with Gasteiger partial charge in [0.25, 0.3) is 8.05 Å². The van der Waals surface area contributed by atoms with Gasteiger partial charge in [-0.25, -0.2) is 0 Å². The predicted octanol–water partition coefficient (Wildman–Crippen LogP) is 0.506. The van der Waals surface area contributed by atoms with Gasteiger partial charge >= 0.3 is 11.9 Å². The minimum atomic E-state index is -0.894. The van der Waals surface area contributed by atoms with Crippen molar-refractivity contribution in [1.82, 2.24) is 0 Å². The maximum Gasteiger partial charge on any atom is 0.306 e. The first-order chi connectivity index (χ1) is 7.62. The third-order valence-corrected chi connectivity index (χ3v) is 2.41. The molecule has 1 unspecified atom stereocenters. The van der Waals surface area contributed by atoms with E-state index in [1.807, 2.05) is 6.92 Å². The van der Waals surface area contributed by atoms with Crippen LogP contribution in [0.2, 0.25) is 0 Å². The summed E-state index contributed by atoms with van der Waals surface area (Å²) in [5.74, 6) is -0.620. The highest BCUT2D eigenvalue weighted by molar-refractivity contribution is 5.98. The van der Waals surface area contributed by atoms with Crippen molar-refractivity contribution in [2.24, 2.45) is 0 Å². The van der Waals surface area contributed by atoms with E-state index in [0.717, 1.165) is 6.42 Å². The number of esters is 2. The SMILES string of the molecule is [B]OCC1(COC(=O)CCC)CCC(=O)O1. The van der Waals surface area contributed by atoms with E-state index in [-0.39, 0.29) is 25.2 Å². The number of ether oxygens (including phenoxy) is 2. The summed E-state index contributed by atoms with van der Waals surface area (Å²) in [5.41, 5.74) is -0.894. The molecular formula is C10H15BO5. The maximum absolute atomic E-state index is 11.2. The van der Waals surface area contributed by atoms with E-state index in [9.17, 15) is 9.59 Å². The molecule has 1 aliphatic rings. The average Bonchev–Trinajstić information content (AvgIpc) is 2.59. The third-order valence-electron chi connectivity index (χ3n) is 2.41. The molecule has 0 N–H and O–H groups in total. The summed E-state index contributed by atoms with van der Waals surface area (Å²) in [5, 5.41) is 0. The molecule has 1 fully saturated rings. The van der Waals surface area contributed by atoms with Crippen molar-refractivity contribution in [3.63, 3.8) is 0 Å². The molecule has 1 aliphatic heterocycles. The topological polar surface area (TPSA) is 61.8 Å². The number of hydrogen-bond acceptors (Lipinski definition) is 5. The summed E-state index contributed by atoms with van der Waals surface area (Å²) in [6.07, 6.45) is 1.84. The molecule has 0 aromatic heterocycles. The fraction of sp³-hybridized carbons (Fsp3) is 0.800. The normalized spacial score (nSPS) is 24.2. The second kappa shape index (κ2) is 5.89. The molecule has 1 heterocycles. The molecule has 2 radical (unpaired) electrons. The second-order valence-corrected chi connectivity index (χ2v) is 3.88. The Morgan fingerprint density at radius 2 is 2.31 bits per heavy atom. The van der Waals surface area contributed by atoms with Crippen LogP contribution < -0.4 is 0 Å². The number of hydrogen-bond donors (Lipinski definition) is 0. The van der Waals surface area contributed by atoms with Gasteiger partial charge in [0.1, 0.15) is 6.61 Å². The first kappa shape index (κ1) is 13.0. The fourth-order valence-electron chi connectivity index (χ4n) is 1.56. The standard InChI is InChI=1S/C10H15BO5/c1-2-3-8(12)14-6-10(7-15-11)5-4-9(13)16-10/h2-7H2,1H3. The molecule has 0 spiro atoms. The molecule has 1 saturated heterocycles. The minimum Gasteiger partial charge on any atom is -0.461 e. The van der Waals surface area contributed by atoms with Gasteiger partial charge in [0.15, 0.2) is 5.60 Å². The van der Waals surface area contributed by atoms with Crippen LogP contribution in [0.5, 0.6) is 0 Å². The van der Waals surface area contributed by atoms with Gasteiger partial charge in [-0.1, -0.05) is 6.92 Å². The number of rotatable bonds is 6. The van der Waals surface area contributed by atoms with Crippen molar-refractivity contribution < 1.29 is 23.7 Å². The lowest BCUT2D eigenvalue weighted by molar-refractivity contribution is -0.165. The zero-order valence-electron chi connectivity index (χ0n) is 9.36. The van der Waals surface area contributed by atoms with E-state index in [2.05, 4.69) is 4.65 Å². The minimum absolute atomic E-state index is 0.00870. The van der Waals surface area contributed by atoms with Crippen LogP contribution >= 0.6 is 0 Å². The summed E-state index contributed by atoms with van der Waals surface area (Å²) in [4.78, 5) is 22.2. The van der Waals surface area contributed by atoms with Gasteiger partial charge < -0.3 is 14.1 Å². The molecule has 1 rings (SSSR count). The van der Waals surface area contributed by atoms with Gasteiger partial charge in [-0.05, 0) is 6.42 Å².